The Labute approximate surface area is 81.9 Å². The maximum atomic E-state index is 12.8. The van der Waals surface area contributed by atoms with Gasteiger partial charge in [0, 0.05) is 12.1 Å². The van der Waals surface area contributed by atoms with Crippen LogP contribution in [0.5, 0.6) is 0 Å². The Hall–Kier alpha value is -1.00. The molecule has 1 rings (SSSR count). The van der Waals surface area contributed by atoms with E-state index in [-0.39, 0.29) is 12.1 Å². The molecule has 0 aliphatic heterocycles. The number of hydrogen-bond acceptors (Lipinski definition) is 2. The van der Waals surface area contributed by atoms with Gasteiger partial charge in [-0.3, -0.25) is 0 Å². The molecule has 0 amide bonds. The number of benzene rings is 1. The number of halogens is 2. The molecular weight excluding hydrogens is 186 g/mol. The van der Waals surface area contributed by atoms with Gasteiger partial charge in [0.25, 0.3) is 0 Å². The Morgan fingerprint density at radius 2 is 1.86 bits per heavy atom. The summed E-state index contributed by atoms with van der Waals surface area (Å²) >= 11 is 0. The van der Waals surface area contributed by atoms with Crippen molar-refractivity contribution in [1.29, 1.82) is 0 Å². The maximum Gasteiger partial charge on any atom is 0.159 e. The lowest BCUT2D eigenvalue weighted by Gasteiger charge is -2.14. The minimum Gasteiger partial charge on any atom is -0.328 e. The number of nitrogens with two attached hydrogens (primary N) is 2. The SMILES string of the molecule is CC(N)CC(N)c1ccc(F)c(F)c1. The summed E-state index contributed by atoms with van der Waals surface area (Å²) in [4.78, 5) is 0. The summed E-state index contributed by atoms with van der Waals surface area (Å²) in [7, 11) is 0. The quantitative estimate of drug-likeness (QED) is 0.780. The Bertz CT molecular complexity index is 313. The first-order valence-corrected chi connectivity index (χ1v) is 4.47. The lowest BCUT2D eigenvalue weighted by Crippen LogP contribution is -2.23. The third kappa shape index (κ3) is 2.75. The van der Waals surface area contributed by atoms with Gasteiger partial charge < -0.3 is 11.5 Å². The molecule has 0 saturated carbocycles. The van der Waals surface area contributed by atoms with E-state index in [9.17, 15) is 8.78 Å². The van der Waals surface area contributed by atoms with Gasteiger partial charge in [-0.2, -0.15) is 0 Å². The fourth-order valence-electron chi connectivity index (χ4n) is 1.28. The van der Waals surface area contributed by atoms with Crippen LogP contribution < -0.4 is 11.5 Å². The van der Waals surface area contributed by atoms with Crippen molar-refractivity contribution >= 4 is 0 Å². The molecule has 2 nitrogen and oxygen atoms in total. The molecule has 0 aliphatic rings. The van der Waals surface area contributed by atoms with Gasteiger partial charge in [0.05, 0.1) is 0 Å². The van der Waals surface area contributed by atoms with E-state index in [1.165, 1.54) is 6.07 Å². The first-order valence-electron chi connectivity index (χ1n) is 4.47. The van der Waals surface area contributed by atoms with Crippen LogP contribution in [0.3, 0.4) is 0 Å². The zero-order valence-corrected chi connectivity index (χ0v) is 8.00. The molecule has 0 spiro atoms. The van der Waals surface area contributed by atoms with Crippen LogP contribution >= 0.6 is 0 Å². The van der Waals surface area contributed by atoms with Gasteiger partial charge in [-0.25, -0.2) is 8.78 Å². The smallest absolute Gasteiger partial charge is 0.159 e. The van der Waals surface area contributed by atoms with E-state index >= 15 is 0 Å². The van der Waals surface area contributed by atoms with Crippen molar-refractivity contribution in [2.24, 2.45) is 11.5 Å². The molecule has 0 fully saturated rings. The van der Waals surface area contributed by atoms with Crippen LogP contribution in [-0.2, 0) is 0 Å². The van der Waals surface area contributed by atoms with Gasteiger partial charge in [0.15, 0.2) is 11.6 Å². The predicted octanol–water partition coefficient (Wildman–Crippen LogP) is 1.70. The van der Waals surface area contributed by atoms with E-state index in [1.807, 2.05) is 6.92 Å². The van der Waals surface area contributed by atoms with Crippen molar-refractivity contribution in [3.63, 3.8) is 0 Å². The zero-order chi connectivity index (χ0) is 10.7. The standard InChI is InChI=1S/C10H14F2N2/c1-6(13)4-10(14)7-2-3-8(11)9(12)5-7/h2-3,5-6,10H,4,13-14H2,1H3. The third-order valence-corrected chi connectivity index (χ3v) is 2.00. The van der Waals surface area contributed by atoms with Crippen LogP contribution in [-0.4, -0.2) is 6.04 Å². The highest BCUT2D eigenvalue weighted by Gasteiger charge is 2.10. The molecule has 1 aromatic rings. The predicted molar refractivity (Wildman–Crippen MR) is 51.6 cm³/mol. The number of rotatable bonds is 3. The van der Waals surface area contributed by atoms with E-state index in [0.717, 1.165) is 12.1 Å². The molecule has 78 valence electrons. The summed E-state index contributed by atoms with van der Waals surface area (Å²) in [6.45, 7) is 1.82. The van der Waals surface area contributed by atoms with Crippen molar-refractivity contribution in [3.8, 4) is 0 Å². The molecule has 0 aromatic heterocycles. The normalized spacial score (nSPS) is 15.2. The Balaban J connectivity index is 2.80. The highest BCUT2D eigenvalue weighted by Crippen LogP contribution is 2.17. The summed E-state index contributed by atoms with van der Waals surface area (Å²) in [5.41, 5.74) is 11.9. The van der Waals surface area contributed by atoms with Crippen molar-refractivity contribution in [1.82, 2.24) is 0 Å². The van der Waals surface area contributed by atoms with E-state index in [0.29, 0.717) is 12.0 Å². The molecule has 0 saturated heterocycles. The molecule has 0 bridgehead atoms. The molecule has 0 aliphatic carbocycles. The van der Waals surface area contributed by atoms with Crippen LogP contribution in [0.25, 0.3) is 0 Å². The Morgan fingerprint density at radius 3 is 2.36 bits per heavy atom. The minimum atomic E-state index is -0.873. The second-order valence-corrected chi connectivity index (χ2v) is 3.49. The monoisotopic (exact) mass is 200 g/mol. The second-order valence-electron chi connectivity index (χ2n) is 3.49. The van der Waals surface area contributed by atoms with E-state index in [1.54, 1.807) is 0 Å². The topological polar surface area (TPSA) is 52.0 Å². The summed E-state index contributed by atoms with van der Waals surface area (Å²) in [6, 6.07) is 3.27. The zero-order valence-electron chi connectivity index (χ0n) is 8.00. The summed E-state index contributed by atoms with van der Waals surface area (Å²) < 4.78 is 25.4. The average molecular weight is 200 g/mol. The molecular formula is C10H14F2N2. The van der Waals surface area contributed by atoms with Crippen LogP contribution in [0.2, 0.25) is 0 Å². The average Bonchev–Trinajstić information content (AvgIpc) is 2.08. The van der Waals surface area contributed by atoms with Gasteiger partial charge in [0.2, 0.25) is 0 Å². The molecule has 14 heavy (non-hydrogen) atoms. The van der Waals surface area contributed by atoms with Crippen LogP contribution in [0.4, 0.5) is 8.78 Å². The first kappa shape index (κ1) is 11.1. The van der Waals surface area contributed by atoms with Gasteiger partial charge in [-0.1, -0.05) is 6.07 Å². The fourth-order valence-corrected chi connectivity index (χ4v) is 1.28. The molecule has 4 N–H and O–H groups in total. The van der Waals surface area contributed by atoms with Crippen LogP contribution in [0, 0.1) is 11.6 Å². The molecule has 2 atom stereocenters. The fraction of sp³-hybridized carbons (Fsp3) is 0.400. The first-order chi connectivity index (χ1) is 6.50. The van der Waals surface area contributed by atoms with E-state index in [2.05, 4.69) is 0 Å². The highest BCUT2D eigenvalue weighted by molar-refractivity contribution is 5.21. The number of hydrogen-bond donors (Lipinski definition) is 2. The van der Waals surface area contributed by atoms with Crippen LogP contribution in [0.1, 0.15) is 24.9 Å². The lowest BCUT2D eigenvalue weighted by molar-refractivity contribution is 0.501. The van der Waals surface area contributed by atoms with Crippen molar-refractivity contribution in [3.05, 3.63) is 35.4 Å². The molecule has 2 unspecified atom stereocenters. The molecule has 4 heteroatoms. The van der Waals surface area contributed by atoms with Crippen LogP contribution in [0.15, 0.2) is 18.2 Å². The Kier molecular flexibility index (Phi) is 3.55. The van der Waals surface area contributed by atoms with Gasteiger partial charge in [0.1, 0.15) is 0 Å². The largest absolute Gasteiger partial charge is 0.328 e. The summed E-state index contributed by atoms with van der Waals surface area (Å²) in [6.07, 6.45) is 0.547. The lowest BCUT2D eigenvalue weighted by atomic mass is 10.0. The molecule has 0 radical (unpaired) electrons. The van der Waals surface area contributed by atoms with Crippen molar-refractivity contribution in [2.75, 3.05) is 0 Å². The summed E-state index contributed by atoms with van der Waals surface area (Å²) in [5, 5.41) is 0. The van der Waals surface area contributed by atoms with E-state index in [4.69, 9.17) is 11.5 Å². The third-order valence-electron chi connectivity index (χ3n) is 2.00. The van der Waals surface area contributed by atoms with Crippen molar-refractivity contribution < 1.29 is 8.78 Å². The molecule has 1 aromatic carbocycles. The van der Waals surface area contributed by atoms with E-state index < -0.39 is 11.6 Å². The van der Waals surface area contributed by atoms with Gasteiger partial charge >= 0.3 is 0 Å². The van der Waals surface area contributed by atoms with Gasteiger partial charge in [-0.15, -0.1) is 0 Å². The highest BCUT2D eigenvalue weighted by atomic mass is 19.2. The second kappa shape index (κ2) is 4.48. The maximum absolute atomic E-state index is 12.8. The Morgan fingerprint density at radius 1 is 1.21 bits per heavy atom. The minimum absolute atomic E-state index is 0.0573. The molecule has 0 heterocycles. The van der Waals surface area contributed by atoms with Crippen molar-refractivity contribution in [2.45, 2.75) is 25.4 Å². The van der Waals surface area contributed by atoms with Gasteiger partial charge in [-0.05, 0) is 31.0 Å². The summed E-state index contributed by atoms with van der Waals surface area (Å²) in [5.74, 6) is -1.73.